The first kappa shape index (κ1) is 6.43. The molecule has 0 bridgehead atoms. The molecule has 0 aromatic carbocycles. The van der Waals surface area contributed by atoms with Crippen LogP contribution in [0.5, 0.6) is 0 Å². The number of aliphatic carboxylic acids is 1. The molecule has 0 aliphatic heterocycles. The lowest BCUT2D eigenvalue weighted by atomic mass is 10.3. The third kappa shape index (κ3) is 2.17. The maximum Gasteiger partial charge on any atom is 0.332 e. The number of carboxylic acid groups (broad SMARTS) is 1. The van der Waals surface area contributed by atoms with Gasteiger partial charge in [-0.2, -0.15) is 0 Å². The van der Waals surface area contributed by atoms with E-state index in [0.29, 0.717) is 0 Å². The van der Waals surface area contributed by atoms with E-state index in [1.165, 1.54) is 0 Å². The smallest absolute Gasteiger partial charge is 0.332 e. The summed E-state index contributed by atoms with van der Waals surface area (Å²) in [5, 5.41) is 16.3. The zero-order chi connectivity index (χ0) is 5.86. The Balaban J connectivity index is 3.34. The molecule has 2 N–H and O–H groups in total. The maximum atomic E-state index is 9.68. The second-order valence-corrected chi connectivity index (χ2v) is 1.26. The highest BCUT2D eigenvalue weighted by Gasteiger charge is 2.07. The van der Waals surface area contributed by atoms with Gasteiger partial charge in [-0.3, -0.25) is 0 Å². The summed E-state index contributed by atoms with van der Waals surface area (Å²) in [6, 6.07) is 0. The van der Waals surface area contributed by atoms with Crippen molar-refractivity contribution in [3.05, 3.63) is 0 Å². The molecule has 0 fully saturated rings. The first-order valence-corrected chi connectivity index (χ1v) is 2.09. The van der Waals surface area contributed by atoms with Crippen LogP contribution in [0.25, 0.3) is 0 Å². The van der Waals surface area contributed by atoms with Gasteiger partial charge in [0.25, 0.3) is 0 Å². The van der Waals surface area contributed by atoms with Gasteiger partial charge in [0.2, 0.25) is 0 Å². The molecule has 0 radical (unpaired) electrons. The maximum absolute atomic E-state index is 9.68. The van der Waals surface area contributed by atoms with E-state index < -0.39 is 12.1 Å². The zero-order valence-electron chi connectivity index (χ0n) is 4.09. The van der Waals surface area contributed by atoms with E-state index in [-0.39, 0.29) is 6.42 Å². The van der Waals surface area contributed by atoms with Gasteiger partial charge in [0.15, 0.2) is 6.10 Å². The van der Waals surface area contributed by atoms with Crippen molar-refractivity contribution in [3.63, 3.8) is 0 Å². The summed E-state index contributed by atoms with van der Waals surface area (Å²) in [7, 11) is 0. The van der Waals surface area contributed by atoms with Crippen molar-refractivity contribution in [1.82, 2.24) is 0 Å². The largest absolute Gasteiger partial charge is 0.479 e. The molecule has 0 aromatic rings. The third-order valence-corrected chi connectivity index (χ3v) is 0.672. The van der Waals surface area contributed by atoms with Gasteiger partial charge >= 0.3 is 5.97 Å². The molecule has 42 valence electrons. The Morgan fingerprint density at radius 1 is 1.86 bits per heavy atom. The molecule has 0 amide bonds. The standard InChI is InChI=1S/C4H8O3/c1-2-3(5)4(6)7/h3,5H,2H2,1H3,(H,6,7). The molecular formula is C4H8O3. The minimum atomic E-state index is -1.18. The number of hydrogen-bond donors (Lipinski definition) is 2. The normalized spacial score (nSPS) is 13.4. The van der Waals surface area contributed by atoms with Crippen molar-refractivity contribution in [1.29, 1.82) is 0 Å². The van der Waals surface area contributed by atoms with E-state index >= 15 is 0 Å². The predicted octanol–water partition coefficient (Wildman–Crippen LogP) is -0.158. The Morgan fingerprint density at radius 3 is 2.29 bits per heavy atom. The highest BCUT2D eigenvalue weighted by atomic mass is 16.4. The molecule has 0 saturated heterocycles. The SMILES string of the molecule is CCC(O)C(=O)O. The lowest BCUT2D eigenvalue weighted by Crippen LogP contribution is -2.17. The lowest BCUT2D eigenvalue weighted by molar-refractivity contribution is -0.146. The van der Waals surface area contributed by atoms with Gasteiger partial charge in [-0.25, -0.2) is 4.79 Å². The number of aliphatic hydroxyl groups excluding tert-OH is 1. The first-order valence-electron chi connectivity index (χ1n) is 2.09. The molecule has 0 aliphatic rings. The van der Waals surface area contributed by atoms with Crippen LogP contribution >= 0.6 is 0 Å². The summed E-state index contributed by atoms with van der Waals surface area (Å²) in [6.07, 6.45) is -0.907. The van der Waals surface area contributed by atoms with Gasteiger partial charge < -0.3 is 10.2 Å². The summed E-state index contributed by atoms with van der Waals surface area (Å²) in [5.74, 6) is -1.15. The van der Waals surface area contributed by atoms with E-state index in [1.54, 1.807) is 6.92 Å². The fourth-order valence-electron chi connectivity index (χ4n) is 0.175. The topological polar surface area (TPSA) is 57.5 Å². The van der Waals surface area contributed by atoms with E-state index in [9.17, 15) is 4.79 Å². The molecular weight excluding hydrogens is 96.0 g/mol. The van der Waals surface area contributed by atoms with Crippen LogP contribution in [0.4, 0.5) is 0 Å². The van der Waals surface area contributed by atoms with Gasteiger partial charge in [0.1, 0.15) is 0 Å². The van der Waals surface area contributed by atoms with Crippen LogP contribution in [0.3, 0.4) is 0 Å². The molecule has 0 saturated carbocycles. The van der Waals surface area contributed by atoms with Crippen molar-refractivity contribution in [2.75, 3.05) is 0 Å². The summed E-state index contributed by atoms with van der Waals surface area (Å²) in [5.41, 5.74) is 0. The van der Waals surface area contributed by atoms with Crippen molar-refractivity contribution in [2.45, 2.75) is 19.4 Å². The van der Waals surface area contributed by atoms with Crippen molar-refractivity contribution in [3.8, 4) is 0 Å². The van der Waals surface area contributed by atoms with Crippen molar-refractivity contribution < 1.29 is 15.0 Å². The molecule has 1 unspecified atom stereocenters. The third-order valence-electron chi connectivity index (χ3n) is 0.672. The number of hydrogen-bond acceptors (Lipinski definition) is 2. The minimum absolute atomic E-state index is 0.273. The van der Waals surface area contributed by atoms with Crippen LogP contribution < -0.4 is 0 Å². The van der Waals surface area contributed by atoms with Gasteiger partial charge in [-0.05, 0) is 6.42 Å². The fourth-order valence-corrected chi connectivity index (χ4v) is 0.175. The summed E-state index contributed by atoms with van der Waals surface area (Å²) >= 11 is 0. The number of rotatable bonds is 2. The lowest BCUT2D eigenvalue weighted by Gasteiger charge is -1.95. The first-order chi connectivity index (χ1) is 3.18. The molecule has 0 rings (SSSR count). The Bertz CT molecular complexity index is 69.3. The molecule has 0 aromatic heterocycles. The van der Waals surface area contributed by atoms with Gasteiger partial charge in [0.05, 0.1) is 0 Å². The highest BCUT2D eigenvalue weighted by molar-refractivity contribution is 5.71. The zero-order valence-corrected chi connectivity index (χ0v) is 4.09. The Morgan fingerprint density at radius 2 is 2.29 bits per heavy atom. The fraction of sp³-hybridized carbons (Fsp3) is 0.750. The molecule has 1 atom stereocenters. The minimum Gasteiger partial charge on any atom is -0.479 e. The molecule has 3 heteroatoms. The van der Waals surface area contributed by atoms with Gasteiger partial charge in [-0.1, -0.05) is 6.92 Å². The Hall–Kier alpha value is -0.570. The average molecular weight is 104 g/mol. The molecule has 3 nitrogen and oxygen atoms in total. The molecule has 0 heterocycles. The molecule has 7 heavy (non-hydrogen) atoms. The highest BCUT2D eigenvalue weighted by Crippen LogP contribution is 1.86. The quantitative estimate of drug-likeness (QED) is 0.512. The monoisotopic (exact) mass is 104 g/mol. The van der Waals surface area contributed by atoms with Crippen molar-refractivity contribution in [2.24, 2.45) is 0 Å². The van der Waals surface area contributed by atoms with E-state index in [4.69, 9.17) is 10.2 Å². The summed E-state index contributed by atoms with van der Waals surface area (Å²) in [4.78, 5) is 9.68. The number of carbonyl (C=O) groups is 1. The summed E-state index contributed by atoms with van der Waals surface area (Å²) in [6.45, 7) is 1.61. The summed E-state index contributed by atoms with van der Waals surface area (Å²) < 4.78 is 0. The van der Waals surface area contributed by atoms with Crippen LogP contribution in [-0.2, 0) is 4.79 Å². The van der Waals surface area contributed by atoms with Gasteiger partial charge in [-0.15, -0.1) is 0 Å². The Labute approximate surface area is 41.6 Å². The number of carboxylic acids is 1. The van der Waals surface area contributed by atoms with E-state index in [2.05, 4.69) is 0 Å². The van der Waals surface area contributed by atoms with Crippen LogP contribution in [0.1, 0.15) is 13.3 Å². The van der Waals surface area contributed by atoms with Crippen LogP contribution in [-0.4, -0.2) is 22.3 Å². The van der Waals surface area contributed by atoms with Gasteiger partial charge in [0, 0.05) is 0 Å². The van der Waals surface area contributed by atoms with Crippen LogP contribution in [0.15, 0.2) is 0 Å². The Kier molecular flexibility index (Phi) is 2.37. The molecule has 0 aliphatic carbocycles. The predicted molar refractivity (Wildman–Crippen MR) is 23.9 cm³/mol. The molecule has 0 spiro atoms. The average Bonchev–Trinajstić information content (AvgIpc) is 1.65. The number of aliphatic hydroxyl groups is 1. The second-order valence-electron chi connectivity index (χ2n) is 1.26. The second kappa shape index (κ2) is 2.58. The van der Waals surface area contributed by atoms with E-state index in [0.717, 1.165) is 0 Å². The van der Waals surface area contributed by atoms with Crippen molar-refractivity contribution >= 4 is 5.97 Å². The van der Waals surface area contributed by atoms with Crippen LogP contribution in [0.2, 0.25) is 0 Å². The van der Waals surface area contributed by atoms with E-state index in [1.807, 2.05) is 0 Å². The van der Waals surface area contributed by atoms with Crippen LogP contribution in [0, 0.1) is 0 Å².